The fourth-order valence-corrected chi connectivity index (χ4v) is 2.59. The van der Waals surface area contributed by atoms with E-state index in [1.54, 1.807) is 0 Å². The summed E-state index contributed by atoms with van der Waals surface area (Å²) in [5.41, 5.74) is 1.04. The van der Waals surface area contributed by atoms with E-state index in [2.05, 4.69) is 0 Å². The molecule has 18 heavy (non-hydrogen) atoms. The maximum Gasteiger partial charge on any atom is 1.00 e. The van der Waals surface area contributed by atoms with Crippen LogP contribution in [0.4, 0.5) is 0 Å². The number of benzene rings is 1. The summed E-state index contributed by atoms with van der Waals surface area (Å²) in [5.74, 6) is -1.36. The SMILES string of the molecule is CN1CCC(c2ccc(Cl)cc2)C(C(=O)[O-])C1.[Li+]. The first-order valence-electron chi connectivity index (χ1n) is 5.73. The van der Waals surface area contributed by atoms with Crippen molar-refractivity contribution in [3.8, 4) is 0 Å². The summed E-state index contributed by atoms with van der Waals surface area (Å²) in [6.45, 7) is 1.46. The molecular formula is C13H15ClLiNO2. The number of carboxylic acids is 1. The summed E-state index contributed by atoms with van der Waals surface area (Å²) >= 11 is 5.84. The first kappa shape index (κ1) is 15.6. The number of aliphatic carboxylic acids is 1. The van der Waals surface area contributed by atoms with Crippen LogP contribution in [0.1, 0.15) is 17.9 Å². The molecule has 0 radical (unpaired) electrons. The number of rotatable bonds is 2. The van der Waals surface area contributed by atoms with Crippen molar-refractivity contribution in [1.29, 1.82) is 0 Å². The van der Waals surface area contributed by atoms with Gasteiger partial charge in [-0.15, -0.1) is 0 Å². The molecule has 2 rings (SSSR count). The van der Waals surface area contributed by atoms with E-state index >= 15 is 0 Å². The molecular weight excluding hydrogens is 245 g/mol. The van der Waals surface area contributed by atoms with Crippen LogP contribution in [0, 0.1) is 5.92 Å². The third-order valence-electron chi connectivity index (χ3n) is 3.42. The second-order valence-corrected chi connectivity index (χ2v) is 5.07. The molecule has 0 spiro atoms. The Morgan fingerprint density at radius 1 is 1.39 bits per heavy atom. The second kappa shape index (κ2) is 6.63. The topological polar surface area (TPSA) is 43.4 Å². The van der Waals surface area contributed by atoms with E-state index in [0.29, 0.717) is 11.6 Å². The molecule has 2 unspecified atom stereocenters. The summed E-state index contributed by atoms with van der Waals surface area (Å²) in [6.07, 6.45) is 0.844. The number of carboxylic acid groups (broad SMARTS) is 1. The van der Waals surface area contributed by atoms with Crippen molar-refractivity contribution in [3.05, 3.63) is 34.9 Å². The minimum atomic E-state index is -0.962. The van der Waals surface area contributed by atoms with Gasteiger partial charge in [-0.3, -0.25) is 0 Å². The molecule has 1 fully saturated rings. The number of carbonyl (C=O) groups is 1. The third-order valence-corrected chi connectivity index (χ3v) is 3.67. The molecule has 0 amide bonds. The molecule has 0 aliphatic carbocycles. The van der Waals surface area contributed by atoms with Crippen molar-refractivity contribution in [2.75, 3.05) is 20.1 Å². The average Bonchev–Trinajstić information content (AvgIpc) is 2.30. The zero-order valence-electron chi connectivity index (χ0n) is 10.7. The molecule has 1 heterocycles. The van der Waals surface area contributed by atoms with E-state index in [-0.39, 0.29) is 24.8 Å². The van der Waals surface area contributed by atoms with Gasteiger partial charge in [0.25, 0.3) is 0 Å². The summed E-state index contributed by atoms with van der Waals surface area (Å²) in [4.78, 5) is 13.2. The largest absolute Gasteiger partial charge is 1.00 e. The second-order valence-electron chi connectivity index (χ2n) is 4.63. The Kier molecular flexibility index (Phi) is 5.74. The fraction of sp³-hybridized carbons (Fsp3) is 0.462. The molecule has 1 aliphatic rings. The summed E-state index contributed by atoms with van der Waals surface area (Å²) < 4.78 is 0. The Balaban J connectivity index is 0.00000162. The predicted octanol–water partition coefficient (Wildman–Crippen LogP) is -1.87. The maximum absolute atomic E-state index is 11.2. The molecule has 1 saturated heterocycles. The Labute approximate surface area is 124 Å². The van der Waals surface area contributed by atoms with Gasteiger partial charge >= 0.3 is 18.9 Å². The number of halogens is 1. The van der Waals surface area contributed by atoms with Crippen LogP contribution in [0.2, 0.25) is 5.02 Å². The van der Waals surface area contributed by atoms with Crippen LogP contribution < -0.4 is 24.0 Å². The molecule has 0 aromatic heterocycles. The van der Waals surface area contributed by atoms with Gasteiger partial charge < -0.3 is 14.8 Å². The van der Waals surface area contributed by atoms with Gasteiger partial charge in [0.15, 0.2) is 0 Å². The quantitative estimate of drug-likeness (QED) is 0.585. The van der Waals surface area contributed by atoms with Crippen molar-refractivity contribution in [1.82, 2.24) is 4.90 Å². The van der Waals surface area contributed by atoms with Crippen LogP contribution in [-0.4, -0.2) is 31.0 Å². The number of hydrogen-bond donors (Lipinski definition) is 0. The van der Waals surface area contributed by atoms with Gasteiger partial charge in [0, 0.05) is 23.5 Å². The van der Waals surface area contributed by atoms with Gasteiger partial charge in [-0.1, -0.05) is 23.7 Å². The van der Waals surface area contributed by atoms with Crippen LogP contribution in [0.15, 0.2) is 24.3 Å². The average molecular weight is 260 g/mol. The van der Waals surface area contributed by atoms with Crippen molar-refractivity contribution < 1.29 is 28.8 Å². The van der Waals surface area contributed by atoms with E-state index < -0.39 is 11.9 Å². The minimum absolute atomic E-state index is 0. The van der Waals surface area contributed by atoms with E-state index in [0.717, 1.165) is 18.5 Å². The van der Waals surface area contributed by atoms with Crippen molar-refractivity contribution in [3.63, 3.8) is 0 Å². The minimum Gasteiger partial charge on any atom is -0.550 e. The standard InChI is InChI=1S/C13H16ClNO2.Li/c1-15-7-6-11(12(8-15)13(16)17)9-2-4-10(14)5-3-9;/h2-5,11-12H,6-8H2,1H3,(H,16,17);/q;+1/p-1. The van der Waals surface area contributed by atoms with Gasteiger partial charge in [-0.2, -0.15) is 0 Å². The number of piperidine rings is 1. The molecule has 3 nitrogen and oxygen atoms in total. The molecule has 1 aromatic carbocycles. The molecule has 0 saturated carbocycles. The third kappa shape index (κ3) is 3.52. The first-order valence-corrected chi connectivity index (χ1v) is 6.10. The van der Waals surface area contributed by atoms with Crippen molar-refractivity contribution in [2.24, 2.45) is 5.92 Å². The fourth-order valence-electron chi connectivity index (χ4n) is 2.46. The number of hydrogen-bond acceptors (Lipinski definition) is 3. The summed E-state index contributed by atoms with van der Waals surface area (Å²) in [6, 6.07) is 7.44. The first-order chi connectivity index (χ1) is 8.08. The zero-order valence-corrected chi connectivity index (χ0v) is 11.5. The molecule has 92 valence electrons. The Bertz CT molecular complexity index is 410. The molecule has 0 N–H and O–H groups in total. The molecule has 2 atom stereocenters. The zero-order chi connectivity index (χ0) is 12.4. The van der Waals surface area contributed by atoms with Crippen molar-refractivity contribution >= 4 is 17.6 Å². The van der Waals surface area contributed by atoms with Crippen LogP contribution in [0.3, 0.4) is 0 Å². The summed E-state index contributed by atoms with van der Waals surface area (Å²) in [7, 11) is 1.94. The number of likely N-dealkylation sites (tertiary alicyclic amines) is 1. The number of nitrogens with zero attached hydrogens (tertiary/aromatic N) is 1. The van der Waals surface area contributed by atoms with Crippen molar-refractivity contribution in [2.45, 2.75) is 12.3 Å². The van der Waals surface area contributed by atoms with E-state index in [1.165, 1.54) is 0 Å². The van der Waals surface area contributed by atoms with Gasteiger partial charge in [0.2, 0.25) is 0 Å². The molecule has 0 bridgehead atoms. The molecule has 1 aliphatic heterocycles. The monoisotopic (exact) mass is 259 g/mol. The van der Waals surface area contributed by atoms with E-state index in [1.807, 2.05) is 36.2 Å². The maximum atomic E-state index is 11.2. The van der Waals surface area contributed by atoms with Crippen LogP contribution in [-0.2, 0) is 4.79 Å². The van der Waals surface area contributed by atoms with Gasteiger partial charge in [-0.25, -0.2) is 0 Å². The molecule has 1 aromatic rings. The Morgan fingerprint density at radius 3 is 2.56 bits per heavy atom. The smallest absolute Gasteiger partial charge is 0.550 e. The number of carbonyl (C=O) groups excluding carboxylic acids is 1. The Morgan fingerprint density at radius 2 is 2.00 bits per heavy atom. The Hall–Kier alpha value is -0.463. The van der Waals surface area contributed by atoms with Crippen LogP contribution in [0.25, 0.3) is 0 Å². The van der Waals surface area contributed by atoms with Gasteiger partial charge in [0.05, 0.1) is 0 Å². The van der Waals surface area contributed by atoms with E-state index in [9.17, 15) is 9.90 Å². The predicted molar refractivity (Wildman–Crippen MR) is 64.8 cm³/mol. The van der Waals surface area contributed by atoms with Crippen LogP contribution >= 0.6 is 11.6 Å². The summed E-state index contributed by atoms with van der Waals surface area (Å²) in [5, 5.41) is 11.9. The normalized spacial score (nSPS) is 24.3. The van der Waals surface area contributed by atoms with Crippen LogP contribution in [0.5, 0.6) is 0 Å². The van der Waals surface area contributed by atoms with E-state index in [4.69, 9.17) is 11.6 Å². The molecule has 5 heteroatoms. The van der Waals surface area contributed by atoms with Gasteiger partial charge in [0.1, 0.15) is 0 Å². The van der Waals surface area contributed by atoms with Gasteiger partial charge in [-0.05, 0) is 43.6 Å².